The van der Waals surface area contributed by atoms with Crippen LogP contribution in [0.2, 0.25) is 0 Å². The lowest BCUT2D eigenvalue weighted by Crippen LogP contribution is -2.50. The summed E-state index contributed by atoms with van der Waals surface area (Å²) in [7, 11) is 3.22. The molecule has 0 radical (unpaired) electrons. The largest absolute Gasteiger partial charge is 0.497 e. The molecule has 0 bridgehead atoms. The first kappa shape index (κ1) is 17.1. The first-order valence-corrected chi connectivity index (χ1v) is 8.44. The lowest BCUT2D eigenvalue weighted by atomic mass is 10.1. The molecule has 1 fully saturated rings. The molecule has 2 aromatic rings. The summed E-state index contributed by atoms with van der Waals surface area (Å²) < 4.78 is 10.7. The Morgan fingerprint density at radius 3 is 2.24 bits per heavy atom. The molecule has 0 aromatic heterocycles. The Bertz CT molecular complexity index is 768. The van der Waals surface area contributed by atoms with E-state index in [0.29, 0.717) is 18.0 Å². The molecule has 3 rings (SSSR count). The lowest BCUT2D eigenvalue weighted by molar-refractivity contribution is 0.248. The van der Waals surface area contributed by atoms with Crippen molar-refractivity contribution in [3.05, 3.63) is 47.5 Å². The van der Waals surface area contributed by atoms with Crippen LogP contribution in [-0.4, -0.2) is 33.3 Å². The highest BCUT2D eigenvalue weighted by Gasteiger charge is 2.31. The zero-order chi connectivity index (χ0) is 18.0. The maximum absolute atomic E-state index is 13.2. The Hall–Kier alpha value is -2.69. The number of urea groups is 1. The van der Waals surface area contributed by atoms with Gasteiger partial charge in [0.2, 0.25) is 0 Å². The fourth-order valence-corrected chi connectivity index (χ4v) is 3.39. The Morgan fingerprint density at radius 1 is 0.920 bits per heavy atom. The quantitative estimate of drug-likeness (QED) is 0.839. The van der Waals surface area contributed by atoms with Crippen molar-refractivity contribution in [1.29, 1.82) is 0 Å². The van der Waals surface area contributed by atoms with E-state index >= 15 is 0 Å². The number of carbonyl (C=O) groups is 1. The molecule has 25 heavy (non-hydrogen) atoms. The third-order valence-corrected chi connectivity index (χ3v) is 4.61. The molecule has 0 unspecified atom stereocenters. The van der Waals surface area contributed by atoms with Crippen molar-refractivity contribution < 1.29 is 14.3 Å². The Balaban J connectivity index is 1.98. The third kappa shape index (κ3) is 3.14. The van der Waals surface area contributed by atoms with Crippen molar-refractivity contribution in [3.8, 4) is 11.5 Å². The second kappa shape index (κ2) is 7.05. The third-order valence-electron chi connectivity index (χ3n) is 4.61. The van der Waals surface area contributed by atoms with Crippen molar-refractivity contribution >= 4 is 17.4 Å². The zero-order valence-electron chi connectivity index (χ0n) is 15.2. The van der Waals surface area contributed by atoms with E-state index in [1.807, 2.05) is 49.1 Å². The van der Waals surface area contributed by atoms with E-state index in [9.17, 15) is 4.79 Å². The van der Waals surface area contributed by atoms with Crippen LogP contribution >= 0.6 is 0 Å². The van der Waals surface area contributed by atoms with Gasteiger partial charge in [0.25, 0.3) is 0 Å². The van der Waals surface area contributed by atoms with Crippen LogP contribution < -0.4 is 19.3 Å². The van der Waals surface area contributed by atoms with E-state index in [4.69, 9.17) is 9.47 Å². The summed E-state index contributed by atoms with van der Waals surface area (Å²) in [5.74, 6) is 1.34. The number of hydrogen-bond acceptors (Lipinski definition) is 3. The molecular weight excluding hydrogens is 316 g/mol. The SMILES string of the molecule is COc1ccc(N2CCCN(c3c(C)cccc3C)C2=O)c(OC)c1. The average Bonchev–Trinajstić information content (AvgIpc) is 2.62. The van der Waals surface area contributed by atoms with Gasteiger partial charge in [0.1, 0.15) is 11.5 Å². The number of para-hydroxylation sites is 1. The van der Waals surface area contributed by atoms with Crippen molar-refractivity contribution in [3.63, 3.8) is 0 Å². The smallest absolute Gasteiger partial charge is 0.329 e. The van der Waals surface area contributed by atoms with Gasteiger partial charge in [0.15, 0.2) is 0 Å². The van der Waals surface area contributed by atoms with Gasteiger partial charge in [-0.05, 0) is 43.5 Å². The molecule has 132 valence electrons. The molecule has 1 saturated heterocycles. The standard InChI is InChI=1S/C20H24N2O3/c1-14-7-5-8-15(2)19(14)22-12-6-11-21(20(22)23)17-10-9-16(24-3)13-18(17)25-4/h5,7-10,13H,6,11-12H2,1-4H3. The zero-order valence-corrected chi connectivity index (χ0v) is 15.2. The Labute approximate surface area is 148 Å². The van der Waals surface area contributed by atoms with Gasteiger partial charge in [-0.15, -0.1) is 0 Å². The van der Waals surface area contributed by atoms with E-state index in [-0.39, 0.29) is 6.03 Å². The fraction of sp³-hybridized carbons (Fsp3) is 0.350. The first-order valence-electron chi connectivity index (χ1n) is 8.44. The number of hydrogen-bond donors (Lipinski definition) is 0. The van der Waals surface area contributed by atoms with Crippen LogP contribution in [0.25, 0.3) is 0 Å². The first-order chi connectivity index (χ1) is 12.1. The highest BCUT2D eigenvalue weighted by molar-refractivity contribution is 6.06. The molecule has 1 heterocycles. The molecule has 0 N–H and O–H groups in total. The predicted molar refractivity (Wildman–Crippen MR) is 100 cm³/mol. The van der Waals surface area contributed by atoms with Gasteiger partial charge in [-0.1, -0.05) is 18.2 Å². The molecule has 5 heteroatoms. The minimum absolute atomic E-state index is 0.0212. The number of benzene rings is 2. The maximum Gasteiger partial charge on any atom is 0.329 e. The molecule has 0 atom stereocenters. The highest BCUT2D eigenvalue weighted by Crippen LogP contribution is 2.36. The minimum atomic E-state index is -0.0212. The number of anilines is 2. The normalized spacial score (nSPS) is 14.6. The molecule has 2 aromatic carbocycles. The van der Waals surface area contributed by atoms with Gasteiger partial charge in [-0.3, -0.25) is 9.80 Å². The Morgan fingerprint density at radius 2 is 1.60 bits per heavy atom. The van der Waals surface area contributed by atoms with Gasteiger partial charge in [-0.2, -0.15) is 0 Å². The Kier molecular flexibility index (Phi) is 4.83. The van der Waals surface area contributed by atoms with E-state index in [2.05, 4.69) is 0 Å². The topological polar surface area (TPSA) is 42.0 Å². The molecule has 0 spiro atoms. The summed E-state index contributed by atoms with van der Waals surface area (Å²) >= 11 is 0. The maximum atomic E-state index is 13.2. The number of methoxy groups -OCH3 is 2. The van der Waals surface area contributed by atoms with Crippen LogP contribution in [-0.2, 0) is 0 Å². The molecular formula is C20H24N2O3. The van der Waals surface area contributed by atoms with Crippen molar-refractivity contribution in [2.45, 2.75) is 20.3 Å². The van der Waals surface area contributed by atoms with Gasteiger partial charge in [0, 0.05) is 19.2 Å². The molecule has 0 aliphatic carbocycles. The van der Waals surface area contributed by atoms with Crippen LogP contribution in [0, 0.1) is 13.8 Å². The van der Waals surface area contributed by atoms with E-state index < -0.39 is 0 Å². The summed E-state index contributed by atoms with van der Waals surface area (Å²) in [5.41, 5.74) is 3.99. The van der Waals surface area contributed by atoms with Crippen LogP contribution in [0.1, 0.15) is 17.5 Å². The number of nitrogens with zero attached hydrogens (tertiary/aromatic N) is 2. The number of ether oxygens (including phenoxy) is 2. The highest BCUT2D eigenvalue weighted by atomic mass is 16.5. The van der Waals surface area contributed by atoms with Crippen molar-refractivity contribution in [2.75, 3.05) is 37.1 Å². The molecule has 2 amide bonds. The van der Waals surface area contributed by atoms with Crippen LogP contribution in [0.15, 0.2) is 36.4 Å². The van der Waals surface area contributed by atoms with Crippen LogP contribution in [0.4, 0.5) is 16.2 Å². The van der Waals surface area contributed by atoms with E-state index in [1.165, 1.54) is 0 Å². The summed E-state index contributed by atoms with van der Waals surface area (Å²) in [6.45, 7) is 5.48. The number of aryl methyl sites for hydroxylation is 2. The molecule has 5 nitrogen and oxygen atoms in total. The number of carbonyl (C=O) groups excluding carboxylic acids is 1. The summed E-state index contributed by atoms with van der Waals surface area (Å²) in [4.78, 5) is 16.9. The van der Waals surface area contributed by atoms with E-state index in [0.717, 1.165) is 35.5 Å². The predicted octanol–water partition coefficient (Wildman–Crippen LogP) is 4.16. The summed E-state index contributed by atoms with van der Waals surface area (Å²) in [6.07, 6.45) is 0.898. The summed E-state index contributed by atoms with van der Waals surface area (Å²) in [5, 5.41) is 0. The number of amides is 2. The molecule has 0 saturated carbocycles. The number of rotatable bonds is 4. The fourth-order valence-electron chi connectivity index (χ4n) is 3.39. The van der Waals surface area contributed by atoms with Gasteiger partial charge < -0.3 is 9.47 Å². The van der Waals surface area contributed by atoms with Crippen molar-refractivity contribution in [2.24, 2.45) is 0 Å². The summed E-state index contributed by atoms with van der Waals surface area (Å²) in [6, 6.07) is 11.6. The second-order valence-electron chi connectivity index (χ2n) is 6.22. The second-order valence-corrected chi connectivity index (χ2v) is 6.22. The van der Waals surface area contributed by atoms with Crippen LogP contribution in [0.5, 0.6) is 11.5 Å². The van der Waals surface area contributed by atoms with Gasteiger partial charge in [-0.25, -0.2) is 4.79 Å². The molecule has 1 aliphatic rings. The minimum Gasteiger partial charge on any atom is -0.497 e. The lowest BCUT2D eigenvalue weighted by Gasteiger charge is -2.37. The monoisotopic (exact) mass is 340 g/mol. The van der Waals surface area contributed by atoms with Crippen LogP contribution in [0.3, 0.4) is 0 Å². The van der Waals surface area contributed by atoms with E-state index in [1.54, 1.807) is 25.2 Å². The van der Waals surface area contributed by atoms with Crippen molar-refractivity contribution in [1.82, 2.24) is 0 Å². The molecule has 1 aliphatic heterocycles. The van der Waals surface area contributed by atoms with Gasteiger partial charge in [0.05, 0.1) is 25.6 Å². The van der Waals surface area contributed by atoms with Gasteiger partial charge >= 0.3 is 6.03 Å². The average molecular weight is 340 g/mol.